The Bertz CT molecular complexity index is 587. The predicted molar refractivity (Wildman–Crippen MR) is 102 cm³/mol. The van der Waals surface area contributed by atoms with E-state index in [0.717, 1.165) is 24.2 Å². The minimum atomic E-state index is 0.191. The van der Waals surface area contributed by atoms with Gasteiger partial charge in [0.2, 0.25) is 0 Å². The fourth-order valence-corrected chi connectivity index (χ4v) is 3.20. The second kappa shape index (κ2) is 6.95. The molecule has 0 radical (unpaired) electrons. The minimum Gasteiger partial charge on any atom is -0.376 e. The van der Waals surface area contributed by atoms with Crippen LogP contribution in [-0.4, -0.2) is 20.1 Å². The van der Waals surface area contributed by atoms with Crippen LogP contribution in [-0.2, 0) is 0 Å². The van der Waals surface area contributed by atoms with Crippen LogP contribution in [0.1, 0.15) is 38.2 Å². The third-order valence-electron chi connectivity index (χ3n) is 4.40. The number of hydrogen-bond acceptors (Lipinski definition) is 3. The molecule has 0 aromatic heterocycles. The summed E-state index contributed by atoms with van der Waals surface area (Å²) in [5.74, 6) is 0.437. The van der Waals surface area contributed by atoms with E-state index in [1.54, 1.807) is 0 Å². The Morgan fingerprint density at radius 2 is 1.96 bits per heavy atom. The summed E-state index contributed by atoms with van der Waals surface area (Å²) in [6, 6.07) is 6.69. The molecule has 3 heteroatoms. The van der Waals surface area contributed by atoms with Crippen molar-refractivity contribution in [3.05, 3.63) is 61.1 Å². The van der Waals surface area contributed by atoms with Crippen LogP contribution < -0.4 is 15.1 Å². The first kappa shape index (κ1) is 17.2. The number of benzene rings is 1. The molecule has 1 aliphatic heterocycles. The van der Waals surface area contributed by atoms with E-state index >= 15 is 0 Å². The quantitative estimate of drug-likeness (QED) is 0.857. The highest BCUT2D eigenvalue weighted by Crippen LogP contribution is 2.39. The summed E-state index contributed by atoms with van der Waals surface area (Å²) >= 11 is 0. The number of nitrogens with one attached hydrogen (secondary N) is 1. The van der Waals surface area contributed by atoms with E-state index in [9.17, 15) is 0 Å². The summed E-state index contributed by atoms with van der Waals surface area (Å²) < 4.78 is 0. The Morgan fingerprint density at radius 1 is 1.26 bits per heavy atom. The van der Waals surface area contributed by atoms with Gasteiger partial charge in [-0.25, -0.2) is 0 Å². The number of rotatable bonds is 5. The van der Waals surface area contributed by atoms with Gasteiger partial charge in [-0.2, -0.15) is 0 Å². The van der Waals surface area contributed by atoms with Gasteiger partial charge in [-0.15, -0.1) is 0 Å². The molecular formula is C20H29N3. The predicted octanol–water partition coefficient (Wildman–Crippen LogP) is 4.61. The number of nitrogens with zero attached hydrogens (tertiary/aromatic N) is 2. The maximum atomic E-state index is 4.21. The molecule has 1 aromatic rings. The normalized spacial score (nSPS) is 17.9. The highest BCUT2D eigenvalue weighted by molar-refractivity contribution is 5.77. The average Bonchev–Trinajstić information content (AvgIpc) is 2.49. The van der Waals surface area contributed by atoms with E-state index < -0.39 is 0 Å². The third kappa shape index (κ3) is 3.44. The third-order valence-corrected chi connectivity index (χ3v) is 4.40. The molecule has 0 aliphatic carbocycles. The lowest BCUT2D eigenvalue weighted by Crippen LogP contribution is -2.41. The van der Waals surface area contributed by atoms with E-state index in [1.165, 1.54) is 16.9 Å². The molecule has 2 rings (SSSR count). The van der Waals surface area contributed by atoms with Crippen LogP contribution in [0.25, 0.3) is 0 Å². The monoisotopic (exact) mass is 311 g/mol. The van der Waals surface area contributed by atoms with Crippen molar-refractivity contribution in [1.82, 2.24) is 5.32 Å². The lowest BCUT2D eigenvalue weighted by molar-refractivity contribution is 0.570. The fourth-order valence-electron chi connectivity index (χ4n) is 3.20. The molecule has 1 N–H and O–H groups in total. The first-order valence-corrected chi connectivity index (χ1v) is 8.21. The highest BCUT2D eigenvalue weighted by Gasteiger charge is 2.28. The molecule has 1 heterocycles. The van der Waals surface area contributed by atoms with E-state index in [1.807, 2.05) is 6.20 Å². The lowest BCUT2D eigenvalue weighted by atomic mass is 9.95. The van der Waals surface area contributed by atoms with Crippen LogP contribution in [0.2, 0.25) is 0 Å². The van der Waals surface area contributed by atoms with Gasteiger partial charge in [-0.1, -0.05) is 45.7 Å². The van der Waals surface area contributed by atoms with E-state index in [0.29, 0.717) is 5.92 Å². The smallest absolute Gasteiger partial charge is 0.0733 e. The lowest BCUT2D eigenvalue weighted by Gasteiger charge is -2.39. The van der Waals surface area contributed by atoms with Crippen LogP contribution in [0.4, 0.5) is 11.4 Å². The molecule has 1 saturated heterocycles. The van der Waals surface area contributed by atoms with Gasteiger partial charge in [0, 0.05) is 25.5 Å². The van der Waals surface area contributed by atoms with Crippen molar-refractivity contribution in [1.29, 1.82) is 0 Å². The van der Waals surface area contributed by atoms with Gasteiger partial charge in [0.1, 0.15) is 0 Å². The molecule has 23 heavy (non-hydrogen) atoms. The zero-order valence-electron chi connectivity index (χ0n) is 14.9. The summed E-state index contributed by atoms with van der Waals surface area (Å²) in [4.78, 5) is 4.43. The Hall–Kier alpha value is -2.16. The van der Waals surface area contributed by atoms with Crippen LogP contribution in [0.5, 0.6) is 0 Å². The fraction of sp³-hybridized carbons (Fsp3) is 0.400. The molecule has 1 atom stereocenters. The number of para-hydroxylation sites is 1. The molecule has 1 aliphatic rings. The Balaban J connectivity index is 2.54. The second-order valence-electron chi connectivity index (χ2n) is 6.66. The van der Waals surface area contributed by atoms with Gasteiger partial charge in [-0.3, -0.25) is 0 Å². The van der Waals surface area contributed by atoms with Crippen LogP contribution in [0, 0.1) is 0 Å². The standard InChI is InChI=1S/C20H29N3/c1-8-23(18-13-12-15(4)21-16(18)5)20-17(14(2)3)10-9-11-19(20)22(6)7/h8-11,14,18,21H,1,4-5,12-13H2,2-3,6-7H3. The largest absolute Gasteiger partial charge is 0.376 e. The maximum absolute atomic E-state index is 4.21. The van der Waals surface area contributed by atoms with Crippen molar-refractivity contribution in [2.24, 2.45) is 0 Å². The summed E-state index contributed by atoms with van der Waals surface area (Å²) in [5, 5.41) is 3.32. The van der Waals surface area contributed by atoms with E-state index in [4.69, 9.17) is 0 Å². The molecule has 1 unspecified atom stereocenters. The topological polar surface area (TPSA) is 18.5 Å². The minimum absolute atomic E-state index is 0.191. The van der Waals surface area contributed by atoms with Gasteiger partial charge < -0.3 is 15.1 Å². The molecule has 0 saturated carbocycles. The molecule has 1 fully saturated rings. The summed E-state index contributed by atoms with van der Waals surface area (Å²) in [6.45, 7) is 16.8. The van der Waals surface area contributed by atoms with Gasteiger partial charge in [0.05, 0.1) is 17.4 Å². The molecular weight excluding hydrogens is 282 g/mol. The summed E-state index contributed by atoms with van der Waals surface area (Å²) in [6.07, 6.45) is 3.88. The van der Waals surface area contributed by atoms with Gasteiger partial charge >= 0.3 is 0 Å². The second-order valence-corrected chi connectivity index (χ2v) is 6.66. The molecule has 1 aromatic carbocycles. The first-order chi connectivity index (χ1) is 10.9. The van der Waals surface area contributed by atoms with E-state index in [2.05, 4.69) is 81.0 Å². The van der Waals surface area contributed by atoms with Crippen molar-refractivity contribution >= 4 is 11.4 Å². The zero-order valence-corrected chi connectivity index (χ0v) is 14.9. The van der Waals surface area contributed by atoms with Gasteiger partial charge in [0.25, 0.3) is 0 Å². The average molecular weight is 311 g/mol. The van der Waals surface area contributed by atoms with Crippen molar-refractivity contribution < 1.29 is 0 Å². The zero-order chi connectivity index (χ0) is 17.1. The van der Waals surface area contributed by atoms with Crippen molar-refractivity contribution in [3.63, 3.8) is 0 Å². The van der Waals surface area contributed by atoms with Crippen LogP contribution in [0.3, 0.4) is 0 Å². The van der Waals surface area contributed by atoms with E-state index in [-0.39, 0.29) is 6.04 Å². The molecule has 0 amide bonds. The number of hydrogen-bond donors (Lipinski definition) is 1. The number of allylic oxidation sites excluding steroid dienone is 1. The maximum Gasteiger partial charge on any atom is 0.0733 e. The van der Waals surface area contributed by atoms with Crippen molar-refractivity contribution in [2.75, 3.05) is 23.9 Å². The van der Waals surface area contributed by atoms with Crippen molar-refractivity contribution in [2.45, 2.75) is 38.6 Å². The summed E-state index contributed by atoms with van der Waals surface area (Å²) in [5.41, 5.74) is 5.79. The van der Waals surface area contributed by atoms with Gasteiger partial charge in [0.15, 0.2) is 0 Å². The van der Waals surface area contributed by atoms with Crippen molar-refractivity contribution in [3.8, 4) is 0 Å². The molecule has 0 bridgehead atoms. The number of anilines is 2. The molecule has 3 nitrogen and oxygen atoms in total. The number of piperidine rings is 1. The first-order valence-electron chi connectivity index (χ1n) is 8.21. The molecule has 0 spiro atoms. The Kier molecular flexibility index (Phi) is 5.19. The van der Waals surface area contributed by atoms with Crippen LogP contribution >= 0.6 is 0 Å². The SMILES string of the molecule is C=CN(c1c(C(C)C)cccc1N(C)C)C1CCC(=C)NC1=C. The molecule has 124 valence electrons. The Labute approximate surface area is 141 Å². The highest BCUT2D eigenvalue weighted by atomic mass is 15.2. The van der Waals surface area contributed by atoms with Gasteiger partial charge in [-0.05, 0) is 36.6 Å². The Morgan fingerprint density at radius 3 is 2.48 bits per heavy atom. The van der Waals surface area contributed by atoms with Crippen LogP contribution in [0.15, 0.2) is 55.5 Å². The summed E-state index contributed by atoms with van der Waals surface area (Å²) in [7, 11) is 4.17.